The number of carbonyl (C=O) groups excluding carboxylic acids is 2. The number of ether oxygens (including phenoxy) is 1. The minimum Gasteiger partial charge on any atom is -0.381 e. The lowest BCUT2D eigenvalue weighted by atomic mass is 10.1. The number of nitrogens with one attached hydrogen (secondary N) is 1. The van der Waals surface area contributed by atoms with Gasteiger partial charge in [-0.05, 0) is 30.9 Å². The van der Waals surface area contributed by atoms with Gasteiger partial charge in [-0.15, -0.1) is 0 Å². The van der Waals surface area contributed by atoms with Crippen LogP contribution in [0.5, 0.6) is 0 Å². The van der Waals surface area contributed by atoms with E-state index in [9.17, 15) is 9.59 Å². The Balaban J connectivity index is 1.78. The van der Waals surface area contributed by atoms with Crippen LogP contribution in [0.4, 0.5) is 5.69 Å². The Morgan fingerprint density at radius 3 is 2.76 bits per heavy atom. The average molecular weight is 346 g/mol. The number of nitrogens with zero attached hydrogens (tertiary/aromatic N) is 1. The third kappa shape index (κ3) is 5.56. The van der Waals surface area contributed by atoms with Crippen LogP contribution in [0.1, 0.15) is 45.1 Å². The van der Waals surface area contributed by atoms with Crippen molar-refractivity contribution in [3.05, 3.63) is 29.8 Å². The lowest BCUT2D eigenvalue weighted by molar-refractivity contribution is -0.126. The third-order valence-corrected chi connectivity index (χ3v) is 4.57. The molecule has 1 saturated heterocycles. The number of unbranched alkanes of at least 4 members (excludes halogenated alkanes) is 1. The van der Waals surface area contributed by atoms with Crippen molar-refractivity contribution in [1.82, 2.24) is 5.32 Å². The van der Waals surface area contributed by atoms with Crippen molar-refractivity contribution in [3.8, 4) is 0 Å². The first-order chi connectivity index (χ1) is 12.2. The molecule has 138 valence electrons. The highest BCUT2D eigenvalue weighted by Gasteiger charge is 2.35. The van der Waals surface area contributed by atoms with E-state index in [0.29, 0.717) is 19.7 Å². The van der Waals surface area contributed by atoms with E-state index >= 15 is 0 Å². The molecular formula is C20H30N2O3. The summed E-state index contributed by atoms with van der Waals surface area (Å²) in [4.78, 5) is 26.4. The number of anilines is 1. The minimum absolute atomic E-state index is 0.0293. The fraction of sp³-hybridized carbons (Fsp3) is 0.600. The van der Waals surface area contributed by atoms with Crippen LogP contribution >= 0.6 is 0 Å². The monoisotopic (exact) mass is 346 g/mol. The van der Waals surface area contributed by atoms with Crippen molar-refractivity contribution >= 4 is 17.5 Å². The molecule has 5 heteroatoms. The molecule has 0 spiro atoms. The van der Waals surface area contributed by atoms with E-state index in [0.717, 1.165) is 43.5 Å². The summed E-state index contributed by atoms with van der Waals surface area (Å²) in [6.07, 6.45) is 4.17. The molecule has 1 atom stereocenters. The van der Waals surface area contributed by atoms with Gasteiger partial charge in [-0.1, -0.05) is 38.5 Å². The van der Waals surface area contributed by atoms with Crippen LogP contribution in [0.2, 0.25) is 0 Å². The van der Waals surface area contributed by atoms with Gasteiger partial charge in [-0.3, -0.25) is 9.59 Å². The average Bonchev–Trinajstić information content (AvgIpc) is 3.02. The van der Waals surface area contributed by atoms with E-state index < -0.39 is 0 Å². The Kier molecular flexibility index (Phi) is 7.92. The van der Waals surface area contributed by atoms with Gasteiger partial charge in [0.15, 0.2) is 0 Å². The topological polar surface area (TPSA) is 58.6 Å². The molecule has 1 aliphatic heterocycles. The van der Waals surface area contributed by atoms with Crippen LogP contribution in [0.15, 0.2) is 24.3 Å². The maximum absolute atomic E-state index is 12.4. The van der Waals surface area contributed by atoms with Gasteiger partial charge in [0.25, 0.3) is 0 Å². The molecule has 0 radical (unpaired) electrons. The molecule has 0 bridgehead atoms. The van der Waals surface area contributed by atoms with Crippen LogP contribution in [-0.2, 0) is 20.7 Å². The van der Waals surface area contributed by atoms with Crippen molar-refractivity contribution < 1.29 is 14.3 Å². The second kappa shape index (κ2) is 10.2. The Morgan fingerprint density at radius 2 is 2.00 bits per heavy atom. The van der Waals surface area contributed by atoms with Crippen molar-refractivity contribution in [2.45, 2.75) is 46.0 Å². The Morgan fingerprint density at radius 1 is 1.24 bits per heavy atom. The molecule has 1 heterocycles. The molecular weight excluding hydrogens is 316 g/mol. The normalized spacial score (nSPS) is 17.1. The van der Waals surface area contributed by atoms with Gasteiger partial charge < -0.3 is 15.0 Å². The highest BCUT2D eigenvalue weighted by Crippen LogP contribution is 2.28. The van der Waals surface area contributed by atoms with Crippen LogP contribution in [0.25, 0.3) is 0 Å². The molecule has 5 nitrogen and oxygen atoms in total. The smallest absolute Gasteiger partial charge is 0.227 e. The first-order valence-electron chi connectivity index (χ1n) is 9.41. The first kappa shape index (κ1) is 19.4. The molecule has 1 unspecified atom stereocenters. The van der Waals surface area contributed by atoms with Crippen molar-refractivity contribution in [2.75, 3.05) is 31.2 Å². The summed E-state index contributed by atoms with van der Waals surface area (Å²) in [5.74, 6) is -0.263. The zero-order valence-electron chi connectivity index (χ0n) is 15.4. The number of rotatable bonds is 10. The van der Waals surface area contributed by atoms with Gasteiger partial charge in [0.2, 0.25) is 11.8 Å². The second-order valence-corrected chi connectivity index (χ2v) is 6.50. The largest absolute Gasteiger partial charge is 0.381 e. The number of aryl methyl sites for hydroxylation is 1. The van der Waals surface area contributed by atoms with E-state index in [1.807, 2.05) is 24.3 Å². The molecule has 25 heavy (non-hydrogen) atoms. The van der Waals surface area contributed by atoms with E-state index in [-0.39, 0.29) is 24.2 Å². The fourth-order valence-corrected chi connectivity index (χ4v) is 3.07. The lowest BCUT2D eigenvalue weighted by Gasteiger charge is -2.20. The molecule has 1 aliphatic rings. The number of hydrogen-bond donors (Lipinski definition) is 1. The molecule has 2 rings (SSSR count). The summed E-state index contributed by atoms with van der Waals surface area (Å²) in [7, 11) is 0. The summed E-state index contributed by atoms with van der Waals surface area (Å²) in [5.41, 5.74) is 2.08. The van der Waals surface area contributed by atoms with Crippen LogP contribution < -0.4 is 10.2 Å². The maximum Gasteiger partial charge on any atom is 0.227 e. The van der Waals surface area contributed by atoms with Gasteiger partial charge in [0.1, 0.15) is 0 Å². The zero-order valence-corrected chi connectivity index (χ0v) is 15.4. The second-order valence-electron chi connectivity index (χ2n) is 6.50. The molecule has 0 saturated carbocycles. The summed E-state index contributed by atoms with van der Waals surface area (Å²) in [5, 5.41) is 2.94. The fourth-order valence-electron chi connectivity index (χ4n) is 3.07. The molecule has 0 aromatic heterocycles. The molecule has 1 aromatic carbocycles. The van der Waals surface area contributed by atoms with Gasteiger partial charge in [-0.2, -0.15) is 0 Å². The van der Waals surface area contributed by atoms with E-state index in [1.54, 1.807) is 4.90 Å². The van der Waals surface area contributed by atoms with Crippen molar-refractivity contribution in [2.24, 2.45) is 5.92 Å². The highest BCUT2D eigenvalue weighted by atomic mass is 16.5. The highest BCUT2D eigenvalue weighted by molar-refractivity contribution is 6.00. The Labute approximate surface area is 150 Å². The summed E-state index contributed by atoms with van der Waals surface area (Å²) >= 11 is 0. The molecule has 1 fully saturated rings. The van der Waals surface area contributed by atoms with E-state index in [1.165, 1.54) is 0 Å². The number of amides is 2. The standard InChI is InChI=1S/C20H30N2O3/c1-3-5-12-25-13-8-11-21-20(24)17-14-19(23)22(15-17)18-10-7-6-9-16(18)4-2/h6-7,9-10,17H,3-5,8,11-15H2,1-2H3,(H,21,24). The van der Waals surface area contributed by atoms with E-state index in [4.69, 9.17) is 4.74 Å². The van der Waals surface area contributed by atoms with Crippen LogP contribution in [-0.4, -0.2) is 38.1 Å². The predicted molar refractivity (Wildman–Crippen MR) is 99.6 cm³/mol. The molecule has 1 N–H and O–H groups in total. The summed E-state index contributed by atoms with van der Waals surface area (Å²) < 4.78 is 5.49. The Hall–Kier alpha value is -1.88. The number of hydrogen-bond acceptors (Lipinski definition) is 3. The van der Waals surface area contributed by atoms with Gasteiger partial charge in [-0.25, -0.2) is 0 Å². The third-order valence-electron chi connectivity index (χ3n) is 4.57. The molecule has 0 aliphatic carbocycles. The predicted octanol–water partition coefficient (Wildman–Crippen LogP) is 2.92. The van der Waals surface area contributed by atoms with Gasteiger partial charge in [0.05, 0.1) is 5.92 Å². The molecule has 1 aromatic rings. The zero-order chi connectivity index (χ0) is 18.1. The van der Waals surface area contributed by atoms with Crippen LogP contribution in [0, 0.1) is 5.92 Å². The lowest BCUT2D eigenvalue weighted by Crippen LogP contribution is -2.34. The Bertz CT molecular complexity index is 574. The summed E-state index contributed by atoms with van der Waals surface area (Å²) in [6, 6.07) is 7.92. The maximum atomic E-state index is 12.4. The van der Waals surface area contributed by atoms with Gasteiger partial charge in [0, 0.05) is 38.4 Å². The van der Waals surface area contributed by atoms with E-state index in [2.05, 4.69) is 19.2 Å². The molecule has 2 amide bonds. The van der Waals surface area contributed by atoms with Crippen molar-refractivity contribution in [1.29, 1.82) is 0 Å². The minimum atomic E-state index is -0.265. The first-order valence-corrected chi connectivity index (χ1v) is 9.41. The van der Waals surface area contributed by atoms with Crippen molar-refractivity contribution in [3.63, 3.8) is 0 Å². The summed E-state index contributed by atoms with van der Waals surface area (Å²) in [6.45, 7) is 6.73. The SMILES string of the molecule is CCCCOCCCNC(=O)C1CC(=O)N(c2ccccc2CC)C1. The number of para-hydroxylation sites is 1. The quantitative estimate of drug-likeness (QED) is 0.663. The number of carbonyl (C=O) groups is 2. The number of benzene rings is 1. The van der Waals surface area contributed by atoms with Gasteiger partial charge >= 0.3 is 0 Å². The van der Waals surface area contributed by atoms with Crippen LogP contribution in [0.3, 0.4) is 0 Å².